The molecule has 3 aromatic rings. The van der Waals surface area contributed by atoms with E-state index in [0.29, 0.717) is 0 Å². The van der Waals surface area contributed by atoms with Crippen molar-refractivity contribution in [3.05, 3.63) is 63.9 Å². The molecule has 4 heteroatoms. The van der Waals surface area contributed by atoms with E-state index in [-0.39, 0.29) is 0 Å². The molecule has 0 aliphatic carbocycles. The van der Waals surface area contributed by atoms with Gasteiger partial charge in [0.25, 0.3) is 0 Å². The van der Waals surface area contributed by atoms with Gasteiger partial charge in [0.1, 0.15) is 5.69 Å². The zero-order chi connectivity index (χ0) is 16.1. The number of halogens is 1. The second kappa shape index (κ2) is 7.73. The van der Waals surface area contributed by atoms with Crippen molar-refractivity contribution < 1.29 is 0 Å². The Hall–Kier alpha value is -1.69. The predicted octanol–water partition coefficient (Wildman–Crippen LogP) is 5.27. The maximum Gasteiger partial charge on any atom is 0.113 e. The maximum atomic E-state index is 4.30. The van der Waals surface area contributed by atoms with E-state index in [9.17, 15) is 0 Å². The molecule has 0 spiro atoms. The lowest BCUT2D eigenvalue weighted by Crippen LogP contribution is -1.94. The summed E-state index contributed by atoms with van der Waals surface area (Å²) in [7, 11) is 0. The van der Waals surface area contributed by atoms with E-state index >= 15 is 0 Å². The number of hydrogen-bond donors (Lipinski definition) is 0. The van der Waals surface area contributed by atoms with Crippen molar-refractivity contribution in [2.24, 2.45) is 0 Å². The molecule has 0 saturated heterocycles. The van der Waals surface area contributed by atoms with Gasteiger partial charge in [-0.25, -0.2) is 4.68 Å². The van der Waals surface area contributed by atoms with Crippen LogP contribution in [0.2, 0.25) is 0 Å². The van der Waals surface area contributed by atoms with Crippen LogP contribution in [0.1, 0.15) is 31.7 Å². The van der Waals surface area contributed by atoms with E-state index in [4.69, 9.17) is 0 Å². The van der Waals surface area contributed by atoms with E-state index < -0.39 is 0 Å². The monoisotopic (exact) mass is 417 g/mol. The summed E-state index contributed by atoms with van der Waals surface area (Å²) in [5.41, 5.74) is 4.44. The molecule has 3 nitrogen and oxygen atoms in total. The van der Waals surface area contributed by atoms with Crippen molar-refractivity contribution in [3.8, 4) is 16.9 Å². The Morgan fingerprint density at radius 1 is 0.957 bits per heavy atom. The van der Waals surface area contributed by atoms with Gasteiger partial charge in [-0.05, 0) is 65.3 Å². The fourth-order valence-corrected chi connectivity index (χ4v) is 2.90. The minimum atomic E-state index is 0.906. The van der Waals surface area contributed by atoms with Gasteiger partial charge in [-0.1, -0.05) is 49.2 Å². The van der Waals surface area contributed by atoms with Crippen LogP contribution in [0.15, 0.2) is 54.7 Å². The first-order valence-corrected chi connectivity index (χ1v) is 9.12. The largest absolute Gasteiger partial charge is 0.220 e. The molecule has 1 heterocycles. The normalized spacial score (nSPS) is 10.9. The Morgan fingerprint density at radius 2 is 1.70 bits per heavy atom. The summed E-state index contributed by atoms with van der Waals surface area (Å²) >= 11 is 2.30. The van der Waals surface area contributed by atoms with Crippen molar-refractivity contribution in [3.63, 3.8) is 0 Å². The van der Waals surface area contributed by atoms with Gasteiger partial charge in [-0.15, -0.1) is 5.10 Å². The highest BCUT2D eigenvalue weighted by Crippen LogP contribution is 2.19. The molecule has 0 aliphatic rings. The summed E-state index contributed by atoms with van der Waals surface area (Å²) in [6, 6.07) is 16.9. The van der Waals surface area contributed by atoms with Crippen LogP contribution >= 0.6 is 22.6 Å². The molecule has 23 heavy (non-hydrogen) atoms. The Kier molecular flexibility index (Phi) is 5.43. The van der Waals surface area contributed by atoms with Gasteiger partial charge in [0.2, 0.25) is 0 Å². The van der Waals surface area contributed by atoms with Crippen molar-refractivity contribution in [2.45, 2.75) is 32.6 Å². The third-order valence-electron chi connectivity index (χ3n) is 3.90. The topological polar surface area (TPSA) is 30.7 Å². The average Bonchev–Trinajstić information content (AvgIpc) is 3.06. The van der Waals surface area contributed by atoms with E-state index in [1.54, 1.807) is 0 Å². The number of aryl methyl sites for hydroxylation is 1. The first kappa shape index (κ1) is 16.2. The first-order valence-electron chi connectivity index (χ1n) is 8.04. The van der Waals surface area contributed by atoms with Gasteiger partial charge in [0, 0.05) is 9.13 Å². The number of unbranched alkanes of at least 4 members (excludes halogenated alkanes) is 2. The minimum absolute atomic E-state index is 0.906. The van der Waals surface area contributed by atoms with Gasteiger partial charge in [-0.3, -0.25) is 0 Å². The molecular weight excluding hydrogens is 397 g/mol. The third-order valence-corrected chi connectivity index (χ3v) is 4.62. The van der Waals surface area contributed by atoms with Gasteiger partial charge in [-0.2, -0.15) is 0 Å². The van der Waals surface area contributed by atoms with Crippen LogP contribution in [0.25, 0.3) is 16.9 Å². The van der Waals surface area contributed by atoms with Gasteiger partial charge in [0.05, 0.1) is 11.9 Å². The summed E-state index contributed by atoms with van der Waals surface area (Å²) in [6.45, 7) is 2.24. The van der Waals surface area contributed by atoms with Crippen LogP contribution in [-0.4, -0.2) is 15.0 Å². The molecule has 1 aromatic heterocycles. The van der Waals surface area contributed by atoms with Crippen LogP contribution in [0.4, 0.5) is 0 Å². The molecule has 3 rings (SSSR count). The summed E-state index contributed by atoms with van der Waals surface area (Å²) in [6.07, 6.45) is 6.96. The number of hydrogen-bond acceptors (Lipinski definition) is 2. The highest BCUT2D eigenvalue weighted by Gasteiger charge is 2.05. The Bertz CT molecular complexity index is 745. The van der Waals surface area contributed by atoms with Crippen molar-refractivity contribution in [2.75, 3.05) is 0 Å². The lowest BCUT2D eigenvalue weighted by Gasteiger charge is -2.02. The number of rotatable bonds is 6. The van der Waals surface area contributed by atoms with Crippen LogP contribution < -0.4 is 0 Å². The molecule has 0 N–H and O–H groups in total. The quantitative estimate of drug-likeness (QED) is 0.404. The molecule has 0 saturated carbocycles. The maximum absolute atomic E-state index is 4.30. The second-order valence-electron chi connectivity index (χ2n) is 5.68. The lowest BCUT2D eigenvalue weighted by atomic mass is 10.0. The van der Waals surface area contributed by atoms with E-state index in [1.165, 1.54) is 28.4 Å². The van der Waals surface area contributed by atoms with E-state index in [1.807, 2.05) is 10.9 Å². The van der Waals surface area contributed by atoms with E-state index in [0.717, 1.165) is 23.4 Å². The third kappa shape index (κ3) is 4.19. The molecule has 2 aromatic carbocycles. The van der Waals surface area contributed by atoms with Crippen LogP contribution in [0.3, 0.4) is 0 Å². The molecule has 0 radical (unpaired) electrons. The van der Waals surface area contributed by atoms with Gasteiger partial charge in [0.15, 0.2) is 0 Å². The molecule has 0 unspecified atom stereocenters. The summed E-state index contributed by atoms with van der Waals surface area (Å²) in [5, 5.41) is 8.54. The zero-order valence-corrected chi connectivity index (χ0v) is 15.4. The second-order valence-corrected chi connectivity index (χ2v) is 6.92. The Balaban J connectivity index is 1.73. The van der Waals surface area contributed by atoms with Crippen LogP contribution in [0.5, 0.6) is 0 Å². The molecule has 0 bridgehead atoms. The number of nitrogens with zero attached hydrogens (tertiary/aromatic N) is 3. The first-order chi connectivity index (χ1) is 11.3. The van der Waals surface area contributed by atoms with Crippen LogP contribution in [0, 0.1) is 3.57 Å². The molecular formula is C19H20IN3. The zero-order valence-electron chi connectivity index (χ0n) is 13.2. The predicted molar refractivity (Wildman–Crippen MR) is 103 cm³/mol. The summed E-state index contributed by atoms with van der Waals surface area (Å²) in [5.74, 6) is 0. The van der Waals surface area contributed by atoms with Crippen molar-refractivity contribution >= 4 is 22.6 Å². The number of benzene rings is 2. The molecule has 0 fully saturated rings. The fraction of sp³-hybridized carbons (Fsp3) is 0.263. The smallest absolute Gasteiger partial charge is 0.113 e. The molecule has 0 aliphatic heterocycles. The van der Waals surface area contributed by atoms with Crippen molar-refractivity contribution in [1.82, 2.24) is 15.0 Å². The molecule has 0 atom stereocenters. The fourth-order valence-electron chi connectivity index (χ4n) is 2.54. The van der Waals surface area contributed by atoms with E-state index in [2.05, 4.69) is 88.4 Å². The van der Waals surface area contributed by atoms with Gasteiger partial charge >= 0.3 is 0 Å². The number of aromatic nitrogens is 3. The lowest BCUT2D eigenvalue weighted by molar-refractivity contribution is 0.717. The summed E-state index contributed by atoms with van der Waals surface area (Å²) in [4.78, 5) is 0. The highest BCUT2D eigenvalue weighted by molar-refractivity contribution is 14.1. The summed E-state index contributed by atoms with van der Waals surface area (Å²) < 4.78 is 3.03. The average molecular weight is 417 g/mol. The van der Waals surface area contributed by atoms with Crippen molar-refractivity contribution in [1.29, 1.82) is 0 Å². The SMILES string of the molecule is CCCCCc1ccc(-c2cn(-c3ccc(I)cc3)nn2)cc1. The standard InChI is InChI=1S/C19H20IN3/c1-2-3-4-5-15-6-8-16(9-7-15)19-14-23(22-21-19)18-12-10-17(20)11-13-18/h6-14H,2-5H2,1H3. The Morgan fingerprint density at radius 3 is 2.39 bits per heavy atom. The minimum Gasteiger partial charge on any atom is -0.220 e. The van der Waals surface area contributed by atoms with Gasteiger partial charge < -0.3 is 0 Å². The Labute approximate surface area is 150 Å². The highest BCUT2D eigenvalue weighted by atomic mass is 127. The molecule has 0 amide bonds. The molecule has 118 valence electrons. The van der Waals surface area contributed by atoms with Crippen LogP contribution in [-0.2, 0) is 6.42 Å².